The summed E-state index contributed by atoms with van der Waals surface area (Å²) in [6, 6.07) is 5.22. The Hall–Kier alpha value is -2.75. The van der Waals surface area contributed by atoms with Crippen molar-refractivity contribution in [2.45, 2.75) is 0 Å². The van der Waals surface area contributed by atoms with E-state index >= 15 is 0 Å². The van der Waals surface area contributed by atoms with Crippen LogP contribution in [0.1, 0.15) is 16.2 Å². The van der Waals surface area contributed by atoms with Crippen LogP contribution >= 0.6 is 0 Å². The molecule has 0 unspecified atom stereocenters. The smallest absolute Gasteiger partial charge is 0.377 e. The van der Waals surface area contributed by atoms with Gasteiger partial charge in [0.2, 0.25) is 0 Å². The maximum atomic E-state index is 11.2. The van der Waals surface area contributed by atoms with Gasteiger partial charge in [0.05, 0.1) is 12.7 Å². The zero-order valence-electron chi connectivity index (χ0n) is 8.86. The molecule has 0 saturated carbocycles. The minimum atomic E-state index is -0.641. The maximum absolute atomic E-state index is 11.2. The second kappa shape index (κ2) is 4.40. The highest BCUT2D eigenvalue weighted by atomic mass is 16.5. The third-order valence-corrected chi connectivity index (χ3v) is 1.98. The van der Waals surface area contributed by atoms with Crippen LogP contribution in [0.4, 0.5) is 0 Å². The molecule has 17 heavy (non-hydrogen) atoms. The molecule has 0 amide bonds. The SMILES string of the molecule is COC(=O)c1ncn(-c2ncccc2C#N)n1. The van der Waals surface area contributed by atoms with Crippen LogP contribution in [0, 0.1) is 11.3 Å². The predicted molar refractivity (Wildman–Crippen MR) is 55.2 cm³/mol. The first-order valence-electron chi connectivity index (χ1n) is 4.61. The number of nitrogens with zero attached hydrogens (tertiary/aromatic N) is 5. The van der Waals surface area contributed by atoms with Crippen LogP contribution in [-0.2, 0) is 4.74 Å². The fourth-order valence-corrected chi connectivity index (χ4v) is 1.22. The van der Waals surface area contributed by atoms with Crippen molar-refractivity contribution < 1.29 is 9.53 Å². The fraction of sp³-hybridized carbons (Fsp3) is 0.100. The van der Waals surface area contributed by atoms with Gasteiger partial charge in [-0.05, 0) is 12.1 Å². The van der Waals surface area contributed by atoms with E-state index < -0.39 is 5.97 Å². The van der Waals surface area contributed by atoms with Crippen LogP contribution in [0.5, 0.6) is 0 Å². The lowest BCUT2D eigenvalue weighted by molar-refractivity contribution is 0.0587. The molecule has 0 radical (unpaired) electrons. The van der Waals surface area contributed by atoms with Crippen LogP contribution in [0.25, 0.3) is 5.82 Å². The van der Waals surface area contributed by atoms with Crippen molar-refractivity contribution in [2.75, 3.05) is 7.11 Å². The topological polar surface area (TPSA) is 93.7 Å². The summed E-state index contributed by atoms with van der Waals surface area (Å²) in [5.41, 5.74) is 0.341. The van der Waals surface area contributed by atoms with E-state index in [1.165, 1.54) is 24.3 Å². The van der Waals surface area contributed by atoms with Gasteiger partial charge < -0.3 is 4.74 Å². The number of rotatable bonds is 2. The number of ether oxygens (including phenoxy) is 1. The fourth-order valence-electron chi connectivity index (χ4n) is 1.22. The molecule has 2 heterocycles. The van der Waals surface area contributed by atoms with E-state index in [9.17, 15) is 4.79 Å². The molecular weight excluding hydrogens is 222 g/mol. The minimum absolute atomic E-state index is 0.0814. The van der Waals surface area contributed by atoms with Gasteiger partial charge in [0, 0.05) is 6.20 Å². The van der Waals surface area contributed by atoms with Gasteiger partial charge >= 0.3 is 5.97 Å². The predicted octanol–water partition coefficient (Wildman–Crippen LogP) is 0.321. The average Bonchev–Trinajstić information content (AvgIpc) is 2.87. The van der Waals surface area contributed by atoms with E-state index in [2.05, 4.69) is 19.8 Å². The van der Waals surface area contributed by atoms with Crippen molar-refractivity contribution in [2.24, 2.45) is 0 Å². The lowest BCUT2D eigenvalue weighted by Crippen LogP contribution is -2.06. The number of hydrogen-bond acceptors (Lipinski definition) is 6. The van der Waals surface area contributed by atoms with Crippen molar-refractivity contribution in [3.05, 3.63) is 36.0 Å². The molecule has 2 aromatic rings. The summed E-state index contributed by atoms with van der Waals surface area (Å²) in [6.07, 6.45) is 2.82. The van der Waals surface area contributed by atoms with Gasteiger partial charge in [0.25, 0.3) is 5.82 Å². The molecule has 0 aromatic carbocycles. The highest BCUT2D eigenvalue weighted by Gasteiger charge is 2.14. The van der Waals surface area contributed by atoms with E-state index in [1.54, 1.807) is 12.1 Å². The zero-order chi connectivity index (χ0) is 12.3. The molecule has 2 rings (SSSR count). The average molecular weight is 229 g/mol. The molecule has 0 atom stereocenters. The Balaban J connectivity index is 2.44. The van der Waals surface area contributed by atoms with Crippen molar-refractivity contribution in [3.63, 3.8) is 0 Å². The molecule has 2 aromatic heterocycles. The van der Waals surface area contributed by atoms with Crippen molar-refractivity contribution in [1.82, 2.24) is 19.7 Å². The number of nitriles is 1. The van der Waals surface area contributed by atoms with Crippen LogP contribution in [0.2, 0.25) is 0 Å². The lowest BCUT2D eigenvalue weighted by Gasteiger charge is -1.99. The largest absolute Gasteiger partial charge is 0.463 e. The second-order valence-corrected chi connectivity index (χ2v) is 2.99. The molecule has 7 nitrogen and oxygen atoms in total. The Morgan fingerprint density at radius 2 is 2.35 bits per heavy atom. The highest BCUT2D eigenvalue weighted by Crippen LogP contribution is 2.08. The van der Waals surface area contributed by atoms with Crippen LogP contribution < -0.4 is 0 Å². The second-order valence-electron chi connectivity index (χ2n) is 2.99. The molecule has 0 aliphatic rings. The summed E-state index contributed by atoms with van der Waals surface area (Å²) in [6.45, 7) is 0. The van der Waals surface area contributed by atoms with Crippen molar-refractivity contribution >= 4 is 5.97 Å². The maximum Gasteiger partial charge on any atom is 0.377 e. The zero-order valence-corrected chi connectivity index (χ0v) is 8.86. The van der Waals surface area contributed by atoms with Crippen molar-refractivity contribution in [1.29, 1.82) is 5.26 Å². The van der Waals surface area contributed by atoms with Crippen molar-refractivity contribution in [3.8, 4) is 11.9 Å². The quantitative estimate of drug-likeness (QED) is 0.688. The first kappa shape index (κ1) is 10.8. The van der Waals surface area contributed by atoms with Gasteiger partial charge in [-0.1, -0.05) is 0 Å². The monoisotopic (exact) mass is 229 g/mol. The number of aromatic nitrogens is 4. The summed E-state index contributed by atoms with van der Waals surface area (Å²) in [7, 11) is 1.24. The van der Waals surface area contributed by atoms with E-state index in [-0.39, 0.29) is 5.82 Å². The van der Waals surface area contributed by atoms with Crippen LogP contribution in [0.15, 0.2) is 24.7 Å². The summed E-state index contributed by atoms with van der Waals surface area (Å²) in [5, 5.41) is 12.8. The molecule has 0 aliphatic heterocycles. The van der Waals surface area contributed by atoms with E-state index in [4.69, 9.17) is 5.26 Å². The van der Waals surface area contributed by atoms with Crippen LogP contribution in [-0.4, -0.2) is 32.8 Å². The van der Waals surface area contributed by atoms with Crippen LogP contribution in [0.3, 0.4) is 0 Å². The highest BCUT2D eigenvalue weighted by molar-refractivity contribution is 5.84. The first-order valence-corrected chi connectivity index (χ1v) is 4.61. The standard InChI is InChI=1S/C10H7N5O2/c1-17-10(16)8-13-6-15(14-8)9-7(5-11)3-2-4-12-9/h2-4,6H,1H3. The summed E-state index contributed by atoms with van der Waals surface area (Å²) in [4.78, 5) is 18.9. The molecule has 0 aliphatic carbocycles. The van der Waals surface area contributed by atoms with E-state index in [1.807, 2.05) is 6.07 Å². The van der Waals surface area contributed by atoms with Gasteiger partial charge in [0.1, 0.15) is 12.4 Å². The lowest BCUT2D eigenvalue weighted by atomic mass is 10.3. The van der Waals surface area contributed by atoms with Gasteiger partial charge in [-0.25, -0.2) is 19.4 Å². The molecule has 7 heteroatoms. The normalized spacial score (nSPS) is 9.65. The van der Waals surface area contributed by atoms with Gasteiger partial charge in [0.15, 0.2) is 5.82 Å². The summed E-state index contributed by atoms with van der Waals surface area (Å²) < 4.78 is 5.73. The first-order chi connectivity index (χ1) is 8.26. The number of pyridine rings is 1. The molecule has 0 saturated heterocycles. The Labute approximate surface area is 96.3 Å². The summed E-state index contributed by atoms with van der Waals surface area (Å²) in [5.74, 6) is -0.405. The molecule has 84 valence electrons. The van der Waals surface area contributed by atoms with E-state index in [0.717, 1.165) is 0 Å². The third-order valence-electron chi connectivity index (χ3n) is 1.98. The third kappa shape index (κ3) is 1.96. The molecule has 0 spiro atoms. The van der Waals surface area contributed by atoms with Gasteiger partial charge in [-0.15, -0.1) is 5.10 Å². The number of methoxy groups -OCH3 is 1. The molecule has 0 fully saturated rings. The Morgan fingerprint density at radius 1 is 1.53 bits per heavy atom. The Kier molecular flexibility index (Phi) is 2.79. The molecule has 0 bridgehead atoms. The Bertz CT molecular complexity index is 599. The summed E-state index contributed by atoms with van der Waals surface area (Å²) >= 11 is 0. The Morgan fingerprint density at radius 3 is 3.06 bits per heavy atom. The van der Waals surface area contributed by atoms with Gasteiger partial charge in [-0.2, -0.15) is 5.26 Å². The molecular formula is C10H7N5O2. The van der Waals surface area contributed by atoms with Gasteiger partial charge in [-0.3, -0.25) is 0 Å². The molecule has 0 N–H and O–H groups in total. The number of esters is 1. The van der Waals surface area contributed by atoms with E-state index in [0.29, 0.717) is 11.4 Å². The number of carbonyl (C=O) groups excluding carboxylic acids is 1. The number of carbonyl (C=O) groups is 1. The minimum Gasteiger partial charge on any atom is -0.463 e. The number of hydrogen-bond donors (Lipinski definition) is 0.